The van der Waals surface area contributed by atoms with Crippen LogP contribution in [0.1, 0.15) is 90.4 Å². The van der Waals surface area contributed by atoms with Gasteiger partial charge < -0.3 is 33.4 Å². The Kier molecular flexibility index (Phi) is 15.3. The second-order valence-electron chi connectivity index (χ2n) is 8.40. The summed E-state index contributed by atoms with van der Waals surface area (Å²) in [5, 5.41) is 0. The SMILES string of the molecule is CCCCCCCCCCCCCC(=O)N1CCC[N+](C)(C)CC1.[I-]. The van der Waals surface area contributed by atoms with Gasteiger partial charge in [0.1, 0.15) is 0 Å². The van der Waals surface area contributed by atoms with E-state index in [1.807, 2.05) is 0 Å². The molecular formula is C21H43IN2O. The smallest absolute Gasteiger partial charge is 0.222 e. The maximum absolute atomic E-state index is 12.3. The van der Waals surface area contributed by atoms with Crippen LogP contribution in [0.4, 0.5) is 0 Å². The zero-order chi connectivity index (χ0) is 17.7. The van der Waals surface area contributed by atoms with Crippen molar-refractivity contribution in [1.82, 2.24) is 4.90 Å². The van der Waals surface area contributed by atoms with Gasteiger partial charge in [0.2, 0.25) is 5.91 Å². The Morgan fingerprint density at radius 1 is 0.800 bits per heavy atom. The van der Waals surface area contributed by atoms with E-state index < -0.39 is 0 Å². The van der Waals surface area contributed by atoms with Crippen molar-refractivity contribution < 1.29 is 33.3 Å². The lowest BCUT2D eigenvalue weighted by molar-refractivity contribution is -0.888. The molecule has 1 fully saturated rings. The first-order valence-electron chi connectivity index (χ1n) is 10.6. The largest absolute Gasteiger partial charge is 1.00 e. The fourth-order valence-electron chi connectivity index (χ4n) is 3.65. The summed E-state index contributed by atoms with van der Waals surface area (Å²) in [7, 11) is 4.55. The van der Waals surface area contributed by atoms with Crippen molar-refractivity contribution in [2.24, 2.45) is 0 Å². The predicted molar refractivity (Wildman–Crippen MR) is 104 cm³/mol. The summed E-state index contributed by atoms with van der Waals surface area (Å²) in [5.41, 5.74) is 0. The van der Waals surface area contributed by atoms with Gasteiger partial charge in [-0.3, -0.25) is 4.79 Å². The van der Waals surface area contributed by atoms with E-state index in [1.54, 1.807) is 0 Å². The Bertz CT molecular complexity index is 334. The normalized spacial score (nSPS) is 17.0. The van der Waals surface area contributed by atoms with Crippen LogP contribution in [0, 0.1) is 0 Å². The molecule has 0 aromatic rings. The third-order valence-electron chi connectivity index (χ3n) is 5.51. The lowest BCUT2D eigenvalue weighted by atomic mass is 10.1. The number of carbonyl (C=O) groups excluding carboxylic acids is 1. The summed E-state index contributed by atoms with van der Waals surface area (Å²) < 4.78 is 1.06. The highest BCUT2D eigenvalue weighted by atomic mass is 127. The molecule has 0 unspecified atom stereocenters. The summed E-state index contributed by atoms with van der Waals surface area (Å²) in [4.78, 5) is 14.5. The molecule has 0 spiro atoms. The van der Waals surface area contributed by atoms with Crippen molar-refractivity contribution in [3.63, 3.8) is 0 Å². The van der Waals surface area contributed by atoms with Crippen LogP contribution in [0.15, 0.2) is 0 Å². The van der Waals surface area contributed by atoms with Crippen molar-refractivity contribution >= 4 is 5.91 Å². The van der Waals surface area contributed by atoms with Gasteiger partial charge in [-0.05, 0) is 6.42 Å². The maximum atomic E-state index is 12.3. The quantitative estimate of drug-likeness (QED) is 0.245. The Morgan fingerprint density at radius 2 is 1.32 bits per heavy atom. The molecule has 0 aromatic carbocycles. The van der Waals surface area contributed by atoms with Crippen molar-refractivity contribution in [2.45, 2.75) is 90.4 Å². The van der Waals surface area contributed by atoms with E-state index in [2.05, 4.69) is 25.9 Å². The summed E-state index contributed by atoms with van der Waals surface area (Å²) in [6.45, 7) is 6.49. The highest BCUT2D eigenvalue weighted by molar-refractivity contribution is 5.76. The average molecular weight is 466 g/mol. The number of halogens is 1. The molecule has 3 nitrogen and oxygen atoms in total. The monoisotopic (exact) mass is 466 g/mol. The van der Waals surface area contributed by atoms with E-state index in [4.69, 9.17) is 0 Å². The molecule has 25 heavy (non-hydrogen) atoms. The van der Waals surface area contributed by atoms with Crippen LogP contribution < -0.4 is 24.0 Å². The van der Waals surface area contributed by atoms with Gasteiger partial charge in [-0.1, -0.05) is 71.1 Å². The van der Waals surface area contributed by atoms with E-state index in [9.17, 15) is 4.79 Å². The van der Waals surface area contributed by atoms with E-state index in [1.165, 1.54) is 70.8 Å². The Balaban J connectivity index is 0.00000576. The number of quaternary nitrogens is 1. The number of hydrogen-bond acceptors (Lipinski definition) is 1. The summed E-state index contributed by atoms with van der Waals surface area (Å²) in [6, 6.07) is 0. The van der Waals surface area contributed by atoms with Crippen LogP contribution in [0.5, 0.6) is 0 Å². The summed E-state index contributed by atoms with van der Waals surface area (Å²) in [5.74, 6) is 0.396. The molecule has 1 amide bonds. The topological polar surface area (TPSA) is 20.3 Å². The van der Waals surface area contributed by atoms with Crippen LogP contribution >= 0.6 is 0 Å². The minimum atomic E-state index is 0. The molecule has 0 radical (unpaired) electrons. The molecule has 0 aliphatic carbocycles. The van der Waals surface area contributed by atoms with Gasteiger partial charge in [-0.25, -0.2) is 0 Å². The van der Waals surface area contributed by atoms with Gasteiger partial charge in [0.05, 0.1) is 33.7 Å². The van der Waals surface area contributed by atoms with Gasteiger partial charge in [-0.15, -0.1) is 0 Å². The number of nitrogens with zero attached hydrogens (tertiary/aromatic N) is 2. The number of rotatable bonds is 12. The van der Waals surface area contributed by atoms with Crippen molar-refractivity contribution in [3.05, 3.63) is 0 Å². The molecule has 0 bridgehead atoms. The molecule has 1 aliphatic rings. The first-order valence-corrected chi connectivity index (χ1v) is 10.6. The zero-order valence-corrected chi connectivity index (χ0v) is 19.4. The summed E-state index contributed by atoms with van der Waals surface area (Å²) >= 11 is 0. The van der Waals surface area contributed by atoms with Crippen LogP contribution in [0.3, 0.4) is 0 Å². The first-order chi connectivity index (χ1) is 11.5. The minimum absolute atomic E-state index is 0. The second kappa shape index (κ2) is 15.2. The maximum Gasteiger partial charge on any atom is 0.222 e. The fraction of sp³-hybridized carbons (Fsp3) is 0.952. The standard InChI is InChI=1S/C21H43N2O.HI/c1-4-5-6-7-8-9-10-11-12-13-14-16-21(24)22-17-15-19-23(2,3)20-18-22;/h4-20H2,1-3H3;1H/q+1;/p-1. The van der Waals surface area contributed by atoms with Gasteiger partial charge in [-0.2, -0.15) is 0 Å². The van der Waals surface area contributed by atoms with Crippen molar-refractivity contribution in [1.29, 1.82) is 0 Å². The minimum Gasteiger partial charge on any atom is -1.00 e. The second-order valence-corrected chi connectivity index (χ2v) is 8.40. The van der Waals surface area contributed by atoms with Crippen molar-refractivity contribution in [2.75, 3.05) is 40.3 Å². The van der Waals surface area contributed by atoms with Gasteiger partial charge in [0.25, 0.3) is 0 Å². The first kappa shape index (κ1) is 25.2. The fourth-order valence-corrected chi connectivity index (χ4v) is 3.65. The zero-order valence-electron chi connectivity index (χ0n) is 17.2. The number of hydrogen-bond donors (Lipinski definition) is 0. The molecule has 0 N–H and O–H groups in total. The Hall–Kier alpha value is 0.160. The molecular weight excluding hydrogens is 423 g/mol. The highest BCUT2D eigenvalue weighted by Crippen LogP contribution is 2.13. The van der Waals surface area contributed by atoms with Crippen molar-refractivity contribution in [3.8, 4) is 0 Å². The summed E-state index contributed by atoms with van der Waals surface area (Å²) in [6.07, 6.45) is 16.7. The lowest BCUT2D eigenvalue weighted by Crippen LogP contribution is -3.00. The van der Waals surface area contributed by atoms with E-state index >= 15 is 0 Å². The van der Waals surface area contributed by atoms with Crippen LogP contribution in [-0.2, 0) is 4.79 Å². The van der Waals surface area contributed by atoms with Crippen LogP contribution in [-0.4, -0.2) is 55.6 Å². The van der Waals surface area contributed by atoms with Crippen LogP contribution in [0.25, 0.3) is 0 Å². The number of carbonyl (C=O) groups is 1. The lowest BCUT2D eigenvalue weighted by Gasteiger charge is -2.28. The molecule has 0 saturated carbocycles. The van der Waals surface area contributed by atoms with Gasteiger partial charge >= 0.3 is 0 Å². The van der Waals surface area contributed by atoms with Crippen LogP contribution in [0.2, 0.25) is 0 Å². The van der Waals surface area contributed by atoms with E-state index in [0.717, 1.165) is 43.4 Å². The van der Waals surface area contributed by atoms with E-state index in [-0.39, 0.29) is 24.0 Å². The average Bonchev–Trinajstić information content (AvgIpc) is 2.73. The molecule has 0 aromatic heterocycles. The third kappa shape index (κ3) is 13.0. The molecule has 4 heteroatoms. The molecule has 1 rings (SSSR count). The van der Waals surface area contributed by atoms with Gasteiger partial charge in [0.15, 0.2) is 0 Å². The molecule has 1 aliphatic heterocycles. The molecule has 0 atom stereocenters. The molecule has 1 heterocycles. The predicted octanol–water partition coefficient (Wildman–Crippen LogP) is 2.00. The third-order valence-corrected chi connectivity index (χ3v) is 5.51. The number of likely N-dealkylation sites (N-methyl/N-ethyl adjacent to an activating group) is 1. The number of amides is 1. The molecule has 150 valence electrons. The Morgan fingerprint density at radius 3 is 1.88 bits per heavy atom. The Labute approximate surface area is 174 Å². The van der Waals surface area contributed by atoms with E-state index in [0.29, 0.717) is 5.91 Å². The highest BCUT2D eigenvalue weighted by Gasteiger charge is 2.23. The molecule has 1 saturated heterocycles. The number of unbranched alkanes of at least 4 members (excludes halogenated alkanes) is 10. The van der Waals surface area contributed by atoms with Gasteiger partial charge in [0, 0.05) is 19.4 Å².